The first kappa shape index (κ1) is 9.98. The molecule has 0 aliphatic rings. The van der Waals surface area contributed by atoms with E-state index in [9.17, 15) is 0 Å². The minimum atomic E-state index is -0.750. The summed E-state index contributed by atoms with van der Waals surface area (Å²) in [5.74, 6) is 3.94. The Kier molecular flexibility index (Phi) is 4.58. The van der Waals surface area contributed by atoms with Crippen molar-refractivity contribution in [2.45, 2.75) is 0 Å². The normalized spacial score (nSPS) is 9.00. The maximum atomic E-state index is 8.69. The van der Waals surface area contributed by atoms with Crippen LogP contribution in [0.25, 0.3) is 12.2 Å². The smallest absolute Gasteiger partial charge is 0.219 e. The molecule has 14 heavy (non-hydrogen) atoms. The Morgan fingerprint density at radius 3 is 2.29 bits per heavy atom. The van der Waals surface area contributed by atoms with E-state index in [1.165, 1.54) is 0 Å². The summed E-state index contributed by atoms with van der Waals surface area (Å²) in [6.07, 6.45) is 3.41. The summed E-state index contributed by atoms with van der Waals surface area (Å²) in [4.78, 5) is 8.69. The standard InChI is InChI=1S/C10H10.H3N2O2/c1-3-9-7-5-6-8-10(9)4-2;1-2(3)4/h3-8H,1-2H2;1H2,(H,3,4)/q;+1/i7D;. The van der Waals surface area contributed by atoms with Crippen molar-refractivity contribution in [3.05, 3.63) is 53.4 Å². The van der Waals surface area contributed by atoms with Crippen LogP contribution in [0.5, 0.6) is 0 Å². The van der Waals surface area contributed by atoms with Crippen LogP contribution in [0.2, 0.25) is 0 Å². The zero-order chi connectivity index (χ0) is 11.8. The van der Waals surface area contributed by atoms with Gasteiger partial charge in [-0.2, -0.15) is 0 Å². The average Bonchev–Trinajstić information content (AvgIpc) is 2.16. The van der Waals surface area contributed by atoms with Crippen molar-refractivity contribution in [2.75, 3.05) is 0 Å². The Morgan fingerprint density at radius 1 is 1.43 bits per heavy atom. The Morgan fingerprint density at radius 2 is 1.93 bits per heavy atom. The molecule has 0 fully saturated rings. The molecule has 4 heteroatoms. The number of rotatable bonds is 2. The summed E-state index contributed by atoms with van der Waals surface area (Å²) in [6.45, 7) is 7.28. The van der Waals surface area contributed by atoms with Gasteiger partial charge in [0.1, 0.15) is 4.91 Å². The Balaban J connectivity index is 0.000000423. The Bertz CT molecular complexity index is 374. The van der Waals surface area contributed by atoms with Gasteiger partial charge in [-0.1, -0.05) is 49.6 Å². The van der Waals surface area contributed by atoms with Crippen LogP contribution < -0.4 is 5.84 Å². The molecule has 3 N–H and O–H groups in total. The molecule has 0 bridgehead atoms. The lowest BCUT2D eigenvalue weighted by Gasteiger charge is -1.96. The van der Waals surface area contributed by atoms with E-state index < -0.39 is 5.03 Å². The van der Waals surface area contributed by atoms with Crippen LogP contribution >= 0.6 is 0 Å². The molecule has 0 radical (unpaired) electrons. The molecule has 74 valence electrons. The first-order chi connectivity index (χ1) is 7.02. The predicted octanol–water partition coefficient (Wildman–Crippen LogP) is 2.00. The largest absolute Gasteiger partial charge is 0.352 e. The third-order valence-corrected chi connectivity index (χ3v) is 1.35. The van der Waals surface area contributed by atoms with E-state index in [0.717, 1.165) is 11.1 Å². The highest BCUT2D eigenvalue weighted by Crippen LogP contribution is 2.10. The molecule has 0 saturated heterocycles. The van der Waals surface area contributed by atoms with Crippen molar-refractivity contribution in [3.8, 4) is 0 Å². The zero-order valence-corrected chi connectivity index (χ0v) is 7.68. The third-order valence-electron chi connectivity index (χ3n) is 1.35. The number of nitrogens with zero attached hydrogens (tertiary/aromatic N) is 1. The molecule has 0 aliphatic carbocycles. The summed E-state index contributed by atoms with van der Waals surface area (Å²) in [5, 5.41) is 6.36. The van der Waals surface area contributed by atoms with Crippen molar-refractivity contribution in [1.29, 1.82) is 0 Å². The fourth-order valence-corrected chi connectivity index (χ4v) is 0.818. The van der Waals surface area contributed by atoms with Gasteiger partial charge in [0, 0.05) is 0 Å². The van der Waals surface area contributed by atoms with E-state index in [0.29, 0.717) is 6.04 Å². The second kappa shape index (κ2) is 6.42. The first-order valence-corrected chi connectivity index (χ1v) is 3.78. The van der Waals surface area contributed by atoms with Crippen LogP contribution in [0.15, 0.2) is 37.4 Å². The molecule has 0 heterocycles. The van der Waals surface area contributed by atoms with Gasteiger partial charge in [-0.15, -0.1) is 5.84 Å². The van der Waals surface area contributed by atoms with E-state index in [1.54, 1.807) is 18.2 Å². The van der Waals surface area contributed by atoms with Gasteiger partial charge < -0.3 is 0 Å². The average molecular weight is 194 g/mol. The highest BCUT2D eigenvalue weighted by atomic mass is 16.7. The van der Waals surface area contributed by atoms with E-state index in [4.69, 9.17) is 11.5 Å². The van der Waals surface area contributed by atoms with E-state index in [-0.39, 0.29) is 0 Å². The van der Waals surface area contributed by atoms with Gasteiger partial charge in [-0.05, 0) is 11.1 Å². The zero-order valence-electron chi connectivity index (χ0n) is 8.68. The van der Waals surface area contributed by atoms with Crippen molar-refractivity contribution in [1.82, 2.24) is 0 Å². The first-order valence-electron chi connectivity index (χ1n) is 4.28. The molecule has 1 rings (SSSR count). The van der Waals surface area contributed by atoms with Crippen LogP contribution in [0.3, 0.4) is 0 Å². The fourth-order valence-electron chi connectivity index (χ4n) is 0.818. The van der Waals surface area contributed by atoms with Crippen molar-refractivity contribution in [3.63, 3.8) is 0 Å². The van der Waals surface area contributed by atoms with E-state index >= 15 is 0 Å². The third kappa shape index (κ3) is 4.71. The summed E-state index contributed by atoms with van der Waals surface area (Å²) in [7, 11) is 0. The molecule has 0 atom stereocenters. The number of nitrogens with two attached hydrogens (primary N) is 1. The molecule has 0 amide bonds. The minimum absolute atomic E-state index is 0.498. The number of hydrogen-bond acceptors (Lipinski definition) is 1. The highest BCUT2D eigenvalue weighted by Gasteiger charge is 1.89. The molecule has 1 aromatic carbocycles. The fraction of sp³-hybridized carbons (Fsp3) is 0. The monoisotopic (exact) mass is 194 g/mol. The minimum Gasteiger partial charge on any atom is -0.219 e. The van der Waals surface area contributed by atoms with E-state index in [1.807, 2.05) is 12.1 Å². The second-order valence-electron chi connectivity index (χ2n) is 2.25. The van der Waals surface area contributed by atoms with Crippen molar-refractivity contribution >= 4 is 12.2 Å². The van der Waals surface area contributed by atoms with Crippen LogP contribution in [0, 0.1) is 4.91 Å². The number of hydrazine groups is 1. The SMILES string of the molecule is N[N+](=O)O.[2H]c1cccc(C=C)c1C=C. The van der Waals surface area contributed by atoms with Crippen molar-refractivity contribution < 1.29 is 11.6 Å². The second-order valence-corrected chi connectivity index (χ2v) is 2.25. The molecule has 0 aromatic heterocycles. The van der Waals surface area contributed by atoms with Crippen LogP contribution in [0.1, 0.15) is 12.5 Å². The number of hydrogen-bond donors (Lipinski definition) is 2. The summed E-state index contributed by atoms with van der Waals surface area (Å²) in [5.41, 5.74) is 1.81. The Hall–Kier alpha value is -2.10. The van der Waals surface area contributed by atoms with E-state index in [2.05, 4.69) is 19.0 Å². The number of benzene rings is 1. The van der Waals surface area contributed by atoms with Crippen LogP contribution in [0.4, 0.5) is 0 Å². The molecule has 1 aromatic rings. The van der Waals surface area contributed by atoms with Gasteiger partial charge >= 0.3 is 5.03 Å². The lowest BCUT2D eigenvalue weighted by atomic mass is 10.1. The quantitative estimate of drug-likeness (QED) is 0.559. The van der Waals surface area contributed by atoms with Crippen LogP contribution in [-0.4, -0.2) is 10.2 Å². The molecule has 4 nitrogen and oxygen atoms in total. The van der Waals surface area contributed by atoms with Gasteiger partial charge in [0.25, 0.3) is 0 Å². The van der Waals surface area contributed by atoms with Gasteiger partial charge in [0.15, 0.2) is 0 Å². The van der Waals surface area contributed by atoms with Gasteiger partial charge in [0.2, 0.25) is 0 Å². The summed E-state index contributed by atoms with van der Waals surface area (Å²) in [6, 6.07) is 6.00. The molecule has 0 unspecified atom stereocenters. The molecule has 0 spiro atoms. The summed E-state index contributed by atoms with van der Waals surface area (Å²) < 4.78 is 7.50. The van der Waals surface area contributed by atoms with Crippen LogP contribution in [-0.2, 0) is 0 Å². The molecule has 0 saturated carbocycles. The van der Waals surface area contributed by atoms with Crippen molar-refractivity contribution in [2.24, 2.45) is 5.84 Å². The lowest BCUT2D eigenvalue weighted by molar-refractivity contribution is -0.801. The molecule has 0 aliphatic heterocycles. The Labute approximate surface area is 83.9 Å². The maximum Gasteiger partial charge on any atom is 0.352 e. The summed E-state index contributed by atoms with van der Waals surface area (Å²) >= 11 is 0. The van der Waals surface area contributed by atoms with Gasteiger partial charge in [-0.25, -0.2) is 5.21 Å². The highest BCUT2D eigenvalue weighted by molar-refractivity contribution is 5.63. The molecular weight excluding hydrogens is 180 g/mol. The van der Waals surface area contributed by atoms with Gasteiger partial charge in [-0.3, -0.25) is 0 Å². The molecular formula is C10H13N2O2+. The lowest BCUT2D eigenvalue weighted by Crippen LogP contribution is -2.08. The van der Waals surface area contributed by atoms with Gasteiger partial charge in [0.05, 0.1) is 1.37 Å². The topological polar surface area (TPSA) is 66.3 Å². The predicted molar refractivity (Wildman–Crippen MR) is 56.2 cm³/mol. The maximum absolute atomic E-state index is 8.69.